The van der Waals surface area contributed by atoms with Gasteiger partial charge in [0, 0.05) is 18.7 Å². The normalized spacial score (nSPS) is 14.2. The fourth-order valence-electron chi connectivity index (χ4n) is 3.99. The van der Waals surface area contributed by atoms with Crippen LogP contribution in [0.2, 0.25) is 0 Å². The van der Waals surface area contributed by atoms with Gasteiger partial charge in [0.15, 0.2) is 0 Å². The standard InChI is InChI=1S/C29H36N2O5S/c1-4-21(2)19-31(37(35,36)26-15-13-22(3)14-16-26)20-28(33)27(17-23-9-6-5-7-10-23)30-29(34)24-11-8-12-25(32)18-24/h5-16,18,21,27-28,32-33H,4,17,19-20H2,1-3H3,(H,30,34)/t21?,27-,28+/m0/s1. The molecule has 198 valence electrons. The maximum atomic E-state index is 13.6. The number of hydrogen-bond acceptors (Lipinski definition) is 5. The number of nitrogens with zero attached hydrogens (tertiary/aromatic N) is 1. The molecule has 0 aliphatic heterocycles. The topological polar surface area (TPSA) is 107 Å². The maximum absolute atomic E-state index is 13.6. The van der Waals surface area contributed by atoms with Gasteiger partial charge in [0.2, 0.25) is 10.0 Å². The summed E-state index contributed by atoms with van der Waals surface area (Å²) in [4.78, 5) is 13.2. The first-order valence-electron chi connectivity index (χ1n) is 12.5. The van der Waals surface area contributed by atoms with Crippen molar-refractivity contribution in [3.63, 3.8) is 0 Å². The lowest BCUT2D eigenvalue weighted by molar-refractivity contribution is 0.0773. The minimum absolute atomic E-state index is 0.0447. The van der Waals surface area contributed by atoms with E-state index in [-0.39, 0.29) is 35.2 Å². The molecule has 0 saturated heterocycles. The Labute approximate surface area is 219 Å². The van der Waals surface area contributed by atoms with E-state index >= 15 is 0 Å². The number of aromatic hydroxyl groups is 1. The summed E-state index contributed by atoms with van der Waals surface area (Å²) in [6.45, 7) is 5.90. The van der Waals surface area contributed by atoms with Crippen LogP contribution >= 0.6 is 0 Å². The highest BCUT2D eigenvalue weighted by atomic mass is 32.2. The molecule has 3 N–H and O–H groups in total. The van der Waals surface area contributed by atoms with Crippen molar-refractivity contribution in [2.24, 2.45) is 5.92 Å². The number of phenols is 1. The van der Waals surface area contributed by atoms with Crippen molar-refractivity contribution in [2.75, 3.05) is 13.1 Å². The highest BCUT2D eigenvalue weighted by Crippen LogP contribution is 2.21. The predicted octanol–water partition coefficient (Wildman–Crippen LogP) is 4.14. The van der Waals surface area contributed by atoms with E-state index in [0.717, 1.165) is 17.5 Å². The number of amides is 1. The second-order valence-corrected chi connectivity index (χ2v) is 11.5. The van der Waals surface area contributed by atoms with Crippen molar-refractivity contribution in [3.05, 3.63) is 95.6 Å². The van der Waals surface area contributed by atoms with E-state index in [1.807, 2.05) is 51.1 Å². The largest absolute Gasteiger partial charge is 0.508 e. The SMILES string of the molecule is CCC(C)CN(C[C@@H](O)[C@H](Cc1ccccc1)NC(=O)c1cccc(O)c1)S(=O)(=O)c1ccc(C)cc1. The third-order valence-electron chi connectivity index (χ3n) is 6.45. The lowest BCUT2D eigenvalue weighted by Gasteiger charge is -2.31. The van der Waals surface area contributed by atoms with Gasteiger partial charge < -0.3 is 15.5 Å². The number of hydrogen-bond donors (Lipinski definition) is 3. The number of nitrogens with one attached hydrogen (secondary N) is 1. The summed E-state index contributed by atoms with van der Waals surface area (Å²) < 4.78 is 28.5. The van der Waals surface area contributed by atoms with E-state index in [1.165, 1.54) is 16.4 Å². The quantitative estimate of drug-likeness (QED) is 0.330. The molecule has 3 atom stereocenters. The van der Waals surface area contributed by atoms with Gasteiger partial charge in [-0.1, -0.05) is 74.4 Å². The number of carbonyl (C=O) groups excluding carboxylic acids is 1. The Kier molecular flexibility index (Phi) is 9.86. The number of aryl methyl sites for hydroxylation is 1. The van der Waals surface area contributed by atoms with Crippen LogP contribution in [0.4, 0.5) is 0 Å². The Morgan fingerprint density at radius 2 is 1.65 bits per heavy atom. The fourth-order valence-corrected chi connectivity index (χ4v) is 5.57. The molecular weight excluding hydrogens is 488 g/mol. The number of phenolic OH excluding ortho intramolecular Hbond substituents is 1. The van der Waals surface area contributed by atoms with Crippen molar-refractivity contribution in [2.45, 2.75) is 50.7 Å². The van der Waals surface area contributed by atoms with Crippen LogP contribution in [0.5, 0.6) is 5.75 Å². The smallest absolute Gasteiger partial charge is 0.251 e. The molecule has 0 bridgehead atoms. The van der Waals surface area contributed by atoms with Gasteiger partial charge in [-0.2, -0.15) is 4.31 Å². The molecule has 0 aliphatic carbocycles. The van der Waals surface area contributed by atoms with Crippen molar-refractivity contribution < 1.29 is 23.4 Å². The zero-order valence-corrected chi connectivity index (χ0v) is 22.4. The van der Waals surface area contributed by atoms with E-state index in [2.05, 4.69) is 5.32 Å². The van der Waals surface area contributed by atoms with Crippen LogP contribution in [-0.2, 0) is 16.4 Å². The Morgan fingerprint density at radius 3 is 2.27 bits per heavy atom. The molecule has 0 spiro atoms. The summed E-state index contributed by atoms with van der Waals surface area (Å²) in [6.07, 6.45) is -0.114. The number of carbonyl (C=O) groups is 1. The predicted molar refractivity (Wildman–Crippen MR) is 145 cm³/mol. The average molecular weight is 525 g/mol. The molecule has 37 heavy (non-hydrogen) atoms. The molecule has 1 amide bonds. The Balaban J connectivity index is 1.90. The van der Waals surface area contributed by atoms with Crippen LogP contribution < -0.4 is 5.32 Å². The zero-order chi connectivity index (χ0) is 27.0. The van der Waals surface area contributed by atoms with E-state index in [1.54, 1.807) is 36.4 Å². The molecule has 0 aliphatic rings. The minimum atomic E-state index is -3.88. The summed E-state index contributed by atoms with van der Waals surface area (Å²) >= 11 is 0. The second-order valence-electron chi connectivity index (χ2n) is 9.54. The van der Waals surface area contributed by atoms with Gasteiger partial charge in [-0.05, 0) is 55.2 Å². The number of benzene rings is 3. The molecular formula is C29H36N2O5S. The van der Waals surface area contributed by atoms with Gasteiger partial charge in [0.05, 0.1) is 17.0 Å². The number of sulfonamides is 1. The van der Waals surface area contributed by atoms with E-state index in [4.69, 9.17) is 0 Å². The molecule has 0 radical (unpaired) electrons. The number of aliphatic hydroxyl groups is 1. The first-order valence-corrected chi connectivity index (χ1v) is 13.9. The summed E-state index contributed by atoms with van der Waals surface area (Å²) in [6, 6.07) is 21.2. The Hall–Kier alpha value is -3.20. The van der Waals surface area contributed by atoms with E-state index in [0.29, 0.717) is 6.42 Å². The number of aliphatic hydroxyl groups excluding tert-OH is 1. The van der Waals surface area contributed by atoms with Crippen LogP contribution in [0, 0.1) is 12.8 Å². The molecule has 8 heteroatoms. The minimum Gasteiger partial charge on any atom is -0.508 e. The van der Waals surface area contributed by atoms with Crippen molar-refractivity contribution >= 4 is 15.9 Å². The third kappa shape index (κ3) is 7.89. The van der Waals surface area contributed by atoms with Gasteiger partial charge in [-0.3, -0.25) is 4.79 Å². The van der Waals surface area contributed by atoms with Gasteiger partial charge in [-0.15, -0.1) is 0 Å². The van der Waals surface area contributed by atoms with Crippen LogP contribution in [0.15, 0.2) is 83.8 Å². The van der Waals surface area contributed by atoms with Gasteiger partial charge >= 0.3 is 0 Å². The van der Waals surface area contributed by atoms with E-state index < -0.39 is 28.1 Å². The molecule has 0 heterocycles. The van der Waals surface area contributed by atoms with Gasteiger partial charge in [0.25, 0.3) is 5.91 Å². The molecule has 0 saturated carbocycles. The average Bonchev–Trinajstić information content (AvgIpc) is 2.88. The second kappa shape index (κ2) is 12.9. The Bertz CT molecular complexity index is 1260. The summed E-state index contributed by atoms with van der Waals surface area (Å²) in [5.74, 6) is -0.440. The van der Waals surface area contributed by atoms with Crippen molar-refractivity contribution in [3.8, 4) is 5.75 Å². The van der Waals surface area contributed by atoms with Gasteiger partial charge in [-0.25, -0.2) is 8.42 Å². The lowest BCUT2D eigenvalue weighted by atomic mass is 10.00. The molecule has 3 aromatic carbocycles. The first-order chi connectivity index (χ1) is 17.6. The van der Waals surface area contributed by atoms with Crippen molar-refractivity contribution in [1.82, 2.24) is 9.62 Å². The number of rotatable bonds is 12. The monoisotopic (exact) mass is 524 g/mol. The van der Waals surface area contributed by atoms with Crippen LogP contribution in [-0.4, -0.2) is 54.1 Å². The molecule has 3 aromatic rings. The first kappa shape index (κ1) is 28.4. The highest BCUT2D eigenvalue weighted by Gasteiger charge is 2.31. The van der Waals surface area contributed by atoms with Gasteiger partial charge in [0.1, 0.15) is 5.75 Å². The van der Waals surface area contributed by atoms with Crippen LogP contribution in [0.3, 0.4) is 0 Å². The van der Waals surface area contributed by atoms with Crippen molar-refractivity contribution in [1.29, 1.82) is 0 Å². The zero-order valence-electron chi connectivity index (χ0n) is 21.5. The van der Waals surface area contributed by atoms with Crippen LogP contribution in [0.1, 0.15) is 41.8 Å². The summed E-state index contributed by atoms with van der Waals surface area (Å²) in [5, 5.41) is 24.0. The maximum Gasteiger partial charge on any atom is 0.251 e. The molecule has 3 rings (SSSR count). The molecule has 0 aromatic heterocycles. The highest BCUT2D eigenvalue weighted by molar-refractivity contribution is 7.89. The van der Waals surface area contributed by atoms with E-state index in [9.17, 15) is 23.4 Å². The molecule has 7 nitrogen and oxygen atoms in total. The molecule has 1 unspecified atom stereocenters. The Morgan fingerprint density at radius 1 is 0.973 bits per heavy atom. The van der Waals surface area contributed by atoms with Crippen LogP contribution in [0.25, 0.3) is 0 Å². The fraction of sp³-hybridized carbons (Fsp3) is 0.345. The molecule has 0 fully saturated rings. The lowest BCUT2D eigenvalue weighted by Crippen LogP contribution is -2.51. The third-order valence-corrected chi connectivity index (χ3v) is 8.30. The summed E-state index contributed by atoms with van der Waals surface area (Å²) in [7, 11) is -3.88. The summed E-state index contributed by atoms with van der Waals surface area (Å²) in [5.41, 5.74) is 2.08.